The lowest BCUT2D eigenvalue weighted by molar-refractivity contribution is -0.138. The van der Waals surface area contributed by atoms with Gasteiger partial charge in [-0.2, -0.15) is 13.2 Å². The van der Waals surface area contributed by atoms with Gasteiger partial charge in [0.1, 0.15) is 6.50 Å². The van der Waals surface area contributed by atoms with E-state index in [1.807, 2.05) is 0 Å². The maximum atomic E-state index is 16.0. The van der Waals surface area contributed by atoms with Crippen LogP contribution in [0.25, 0.3) is 22.0 Å². The van der Waals surface area contributed by atoms with Crippen LogP contribution in [0.4, 0.5) is 22.0 Å². The van der Waals surface area contributed by atoms with Crippen LogP contribution in [-0.4, -0.2) is 59.4 Å². The van der Waals surface area contributed by atoms with E-state index in [4.69, 9.17) is 35.6 Å². The molecule has 1 amide bonds. The Morgan fingerprint density at radius 2 is 1.77 bits per heavy atom. The first-order valence-electron chi connectivity index (χ1n) is 30.8. The summed E-state index contributed by atoms with van der Waals surface area (Å²) < 4.78 is 364. The van der Waals surface area contributed by atoms with Crippen molar-refractivity contribution < 1.29 is 76.7 Å². The number of piperidine rings is 1. The van der Waals surface area contributed by atoms with E-state index in [-0.39, 0.29) is 0 Å². The van der Waals surface area contributed by atoms with Crippen molar-refractivity contribution in [1.29, 1.82) is 0 Å². The molecule has 0 spiro atoms. The highest BCUT2D eigenvalue weighted by Crippen LogP contribution is 2.34. The predicted octanol–water partition coefficient (Wildman–Crippen LogP) is 8.71. The van der Waals surface area contributed by atoms with Crippen molar-refractivity contribution in [1.82, 2.24) is 14.4 Å². The molecular formula is C41H40F5N3O3S. The van der Waals surface area contributed by atoms with Crippen LogP contribution in [0.1, 0.15) is 80.2 Å². The Morgan fingerprint density at radius 1 is 1.04 bits per heavy atom. The zero-order valence-electron chi connectivity index (χ0n) is 59.3. The van der Waals surface area contributed by atoms with Gasteiger partial charge in [-0.25, -0.2) is 8.78 Å². The maximum absolute atomic E-state index is 16.0. The second-order valence-electron chi connectivity index (χ2n) is 10.2. The third-order valence-corrected chi connectivity index (χ3v) is 7.51. The molecule has 6 rings (SSSR count). The molecule has 5 aromatic rings. The molecule has 0 atom stereocenters. The van der Waals surface area contributed by atoms with Crippen LogP contribution < -0.4 is 5.43 Å². The maximum Gasteiger partial charge on any atom is 0.416 e. The fourth-order valence-electron chi connectivity index (χ4n) is 4.30. The summed E-state index contributed by atoms with van der Waals surface area (Å²) >= 11 is -0.876. The Bertz CT molecular complexity index is 3670. The molecule has 6 nitrogen and oxygen atoms in total. The summed E-state index contributed by atoms with van der Waals surface area (Å²) in [4.78, 5) is 28.6. The highest BCUT2D eigenvalue weighted by atomic mass is 32.2. The summed E-state index contributed by atoms with van der Waals surface area (Å²) in [5, 5.41) is -3.32. The molecule has 53 heavy (non-hydrogen) atoms. The number of halogens is 5. The van der Waals surface area contributed by atoms with E-state index in [1.54, 1.807) is 0 Å². The molecule has 278 valence electrons. The number of methoxy groups -OCH3 is 1. The fraction of sp³-hybridized carbons (Fsp3) is 0.317. The number of fused-ring (bicyclic) bond motifs is 1. The largest absolute Gasteiger partial charge is 0.416 e. The van der Waals surface area contributed by atoms with E-state index < -0.39 is 266 Å². The van der Waals surface area contributed by atoms with Gasteiger partial charge in [0.25, 0.3) is 0 Å². The van der Waals surface area contributed by atoms with Gasteiger partial charge in [-0.05, 0) is 66.1 Å². The number of nitrogens with zero attached hydrogens (tertiary/aromatic N) is 3. The molecule has 12 heteroatoms. The van der Waals surface area contributed by atoms with Gasteiger partial charge in [-0.3, -0.25) is 9.59 Å². The average Bonchev–Trinajstić information content (AvgIpc) is 0.669. The number of aromatic nitrogens is 1. The molecule has 4 aromatic carbocycles. The van der Waals surface area contributed by atoms with E-state index in [9.17, 15) is 27.6 Å². The lowest BCUT2D eigenvalue weighted by Gasteiger charge is -2.39. The van der Waals surface area contributed by atoms with Crippen LogP contribution in [0.5, 0.6) is 0 Å². The molecule has 0 saturated carbocycles. The SMILES string of the molecule is [2H]c1c([2H])c(F)c(F)c(C([2H])([2H])Sc2c([2H])c(=O)c3c([2H])c([2H])c([2H])c([2H])c3n2C([2H])([2H])C(=O)N(Cc2c([2H])c([2H])c(-c3c([2H])c([2H])c(C(F)(F)F)c(C)c3[2H])c([2H])c2[2H])C2([2H])C([2H])([2H])C([2H])([2H])N(CC([2H])([2H])OC([2H])([2H])[2H])C([2H])([2H])C2([2H])[2H])c1[2H]. The normalized spacial score (nSPS) is 28.6. The Morgan fingerprint density at radius 3 is 2.51 bits per heavy atom. The van der Waals surface area contributed by atoms with E-state index in [1.165, 1.54) is 0 Å². The van der Waals surface area contributed by atoms with Crippen molar-refractivity contribution in [2.45, 2.75) is 55.6 Å². The van der Waals surface area contributed by atoms with Gasteiger partial charge in [0.05, 0.1) is 54.2 Å². The lowest BCUT2D eigenvalue weighted by Crippen LogP contribution is -2.48. The number of hydrogen-bond acceptors (Lipinski definition) is 5. The first kappa shape index (κ1) is 14.6. The highest BCUT2D eigenvalue weighted by molar-refractivity contribution is 7.98. The average molecular weight is 783 g/mol. The van der Waals surface area contributed by atoms with Crippen LogP contribution in [-0.2, 0) is 34.5 Å². The highest BCUT2D eigenvalue weighted by Gasteiger charge is 2.32. The van der Waals surface area contributed by atoms with Crippen LogP contribution in [0.2, 0.25) is 0 Å². The van der Waals surface area contributed by atoms with Gasteiger partial charge in [0, 0.05) is 75.5 Å². The van der Waals surface area contributed by atoms with E-state index in [0.29, 0.717) is 6.92 Å². The first-order chi connectivity index (χ1) is 38.4. The topological polar surface area (TPSA) is 54.8 Å². The molecule has 1 fully saturated rings. The van der Waals surface area contributed by atoms with E-state index in [0.717, 1.165) is 0 Å². The van der Waals surface area contributed by atoms with Crippen LogP contribution in [0, 0.1) is 18.6 Å². The number of rotatable bonds is 12. The summed E-state index contributed by atoms with van der Waals surface area (Å²) in [5.41, 5.74) is -16.4. The molecule has 0 unspecified atom stereocenters. The molecule has 0 bridgehead atoms. The van der Waals surface area contributed by atoms with Crippen molar-refractivity contribution >= 4 is 28.6 Å². The summed E-state index contributed by atoms with van der Waals surface area (Å²) in [5.74, 6) is -7.66. The first-order valence-corrected chi connectivity index (χ1v) is 15.1. The summed E-state index contributed by atoms with van der Waals surface area (Å²) in [6.07, 6.45) is -15.2. The molecule has 2 heterocycles. The second-order valence-corrected chi connectivity index (χ2v) is 11.0. The number of carbonyl (C=O) groups is 1. The number of amides is 1. The number of likely N-dealkylation sites (tertiary alicyclic amines) is 1. The molecular weight excluding hydrogens is 710 g/mol. The Hall–Kier alpha value is -4.52. The minimum absolute atomic E-state index is 0.525. The molecule has 0 radical (unpaired) electrons. The van der Waals surface area contributed by atoms with Gasteiger partial charge < -0.3 is 19.1 Å². The van der Waals surface area contributed by atoms with E-state index >= 15 is 13.6 Å². The number of thioether (sulfide) groups is 1. The van der Waals surface area contributed by atoms with Crippen LogP contribution in [0.15, 0.2) is 100 Å². The number of alkyl halides is 3. The van der Waals surface area contributed by atoms with Crippen molar-refractivity contribution in [2.24, 2.45) is 0 Å². The molecule has 0 N–H and O–H groups in total. The third-order valence-electron chi connectivity index (χ3n) is 6.73. The summed E-state index contributed by atoms with van der Waals surface area (Å²) in [7, 11) is -3.77. The predicted molar refractivity (Wildman–Crippen MR) is 198 cm³/mol. The summed E-state index contributed by atoms with van der Waals surface area (Å²) in [6.45, 7) is -21.8. The number of hydrogen-bond donors (Lipinski definition) is 0. The van der Waals surface area contributed by atoms with Crippen molar-refractivity contribution in [3.05, 3.63) is 135 Å². The third kappa shape index (κ3) is 9.00. The van der Waals surface area contributed by atoms with Crippen LogP contribution in [0.3, 0.4) is 0 Å². The van der Waals surface area contributed by atoms with Crippen LogP contribution >= 0.6 is 11.8 Å². The minimum Gasteiger partial charge on any atom is -0.383 e. The Kier molecular flexibility index (Phi) is 4.59. The van der Waals surface area contributed by atoms with E-state index in [2.05, 4.69) is 4.74 Å². The van der Waals surface area contributed by atoms with Gasteiger partial charge in [-0.15, -0.1) is 11.8 Å². The smallest absolute Gasteiger partial charge is 0.383 e. The quantitative estimate of drug-likeness (QED) is 0.0937. The minimum atomic E-state index is -5.41. The van der Waals surface area contributed by atoms with Crippen molar-refractivity contribution in [3.63, 3.8) is 0 Å². The molecule has 1 aromatic heterocycles. The Balaban J connectivity index is 1.82. The Labute approximate surface area is 355 Å². The summed E-state index contributed by atoms with van der Waals surface area (Å²) in [6, 6.07) is -28.6. The standard InChI is InChI=1S/C41H40F5N3O3S/c1-27-22-30(14-15-34(27)41(44,45)46)29-12-10-28(11-13-29)24-48(32-16-18-47(19-17-32)20-21-52-2)38(51)25-49-36-9-4-3-7-33(36)37(50)23-39(49)53-26-31-6-5-8-35(42)40(31)43/h3-15,22-23,32H,16-21,24-26H2,1-2H3/i2D3,3D,4D,5D,6D,7D,8D,9D,10D,11D,12D,13D,14D,15D,16D2,17D2,18D2,19D2,21D2,22D,23D,25D2,26D2,32D. The second kappa shape index (κ2) is 16.7. The molecule has 1 aliphatic rings. The van der Waals surface area contributed by atoms with Gasteiger partial charge >= 0.3 is 6.18 Å². The fourth-order valence-corrected chi connectivity index (χ4v) is 5.01. The number of para-hydroxylation sites is 1. The number of benzene rings is 4. The van der Waals surface area contributed by atoms with Crippen molar-refractivity contribution in [3.8, 4) is 11.1 Å². The number of pyridine rings is 1. The van der Waals surface area contributed by atoms with Gasteiger partial charge in [0.15, 0.2) is 17.1 Å². The molecule has 1 aliphatic heterocycles. The molecule has 0 aliphatic carbocycles. The number of carbonyl (C=O) groups excluding carboxylic acids is 1. The van der Waals surface area contributed by atoms with Gasteiger partial charge in [-0.1, -0.05) is 60.4 Å². The monoisotopic (exact) mass is 782 g/mol. The molecule has 1 saturated heterocycles. The zero-order chi connectivity index (χ0) is 66.7. The number of ether oxygens (including phenoxy) is 1. The van der Waals surface area contributed by atoms with Gasteiger partial charge in [0.2, 0.25) is 5.91 Å². The zero-order valence-corrected chi connectivity index (χ0v) is 27.1. The van der Waals surface area contributed by atoms with Crippen molar-refractivity contribution in [2.75, 3.05) is 33.1 Å². The lowest BCUT2D eigenvalue weighted by atomic mass is 9.98.